The molecule has 0 aromatic carbocycles. The van der Waals surface area contributed by atoms with Gasteiger partial charge in [0.1, 0.15) is 11.9 Å². The van der Waals surface area contributed by atoms with Crippen LogP contribution in [0.1, 0.15) is 72.1 Å². The van der Waals surface area contributed by atoms with Crippen molar-refractivity contribution >= 4 is 17.7 Å². The molecule has 0 aromatic rings. The second-order valence-corrected chi connectivity index (χ2v) is 10.3. The van der Waals surface area contributed by atoms with E-state index in [0.29, 0.717) is 24.2 Å². The van der Waals surface area contributed by atoms with Crippen molar-refractivity contribution in [1.82, 2.24) is 0 Å². The molecule has 4 aliphatic rings. The van der Waals surface area contributed by atoms with Crippen LogP contribution in [0.15, 0.2) is 0 Å². The van der Waals surface area contributed by atoms with Gasteiger partial charge in [0.15, 0.2) is 0 Å². The topological polar surface area (TPSA) is 69.7 Å². The van der Waals surface area contributed by atoms with Crippen LogP contribution >= 0.6 is 0 Å². The highest BCUT2D eigenvalue weighted by molar-refractivity contribution is 5.91. The van der Waals surface area contributed by atoms with Gasteiger partial charge in [0.05, 0.1) is 13.0 Å². The quantitative estimate of drug-likeness (QED) is 0.668. The molecule has 0 aliphatic heterocycles. The van der Waals surface area contributed by atoms with E-state index >= 15 is 0 Å². The number of ketones is 1. The number of carbonyl (C=O) groups excluding carboxylic acids is 3. The standard InChI is InChI=1S/C23H34O5/c1-13(24)28-15-7-9-22(2)14(11-15)5-6-16-17(22)8-10-23(3)18(21(26)27-4)12-19(25)20(16)23/h14-18,20H,5-12H2,1-4H3/t14-,15+,16-,17+,18-,20+,22+,23-/m1/s1. The van der Waals surface area contributed by atoms with Gasteiger partial charge in [-0.3, -0.25) is 14.4 Å². The molecule has 0 amide bonds. The zero-order valence-electron chi connectivity index (χ0n) is 17.7. The maximum Gasteiger partial charge on any atom is 0.309 e. The van der Waals surface area contributed by atoms with E-state index in [-0.39, 0.29) is 46.5 Å². The number of fused-ring (bicyclic) bond motifs is 5. The van der Waals surface area contributed by atoms with Crippen molar-refractivity contribution < 1.29 is 23.9 Å². The molecular formula is C23H34O5. The molecule has 4 saturated carbocycles. The van der Waals surface area contributed by atoms with Crippen molar-refractivity contribution in [2.45, 2.75) is 78.2 Å². The summed E-state index contributed by atoms with van der Waals surface area (Å²) in [7, 11) is 1.43. The van der Waals surface area contributed by atoms with Crippen molar-refractivity contribution in [3.05, 3.63) is 0 Å². The normalized spacial score (nSPS) is 47.5. The van der Waals surface area contributed by atoms with Gasteiger partial charge in [0.2, 0.25) is 0 Å². The number of methoxy groups -OCH3 is 1. The number of hydrogen-bond acceptors (Lipinski definition) is 5. The summed E-state index contributed by atoms with van der Waals surface area (Å²) in [6, 6.07) is 0. The Balaban J connectivity index is 1.57. The van der Waals surface area contributed by atoms with Crippen LogP contribution < -0.4 is 0 Å². The molecule has 5 heteroatoms. The molecule has 0 heterocycles. The van der Waals surface area contributed by atoms with Gasteiger partial charge < -0.3 is 9.47 Å². The van der Waals surface area contributed by atoms with Gasteiger partial charge in [-0.25, -0.2) is 0 Å². The van der Waals surface area contributed by atoms with Gasteiger partial charge >= 0.3 is 11.9 Å². The first-order valence-corrected chi connectivity index (χ1v) is 11.0. The number of ether oxygens (including phenoxy) is 2. The molecule has 0 aromatic heterocycles. The first kappa shape index (κ1) is 19.9. The third-order valence-electron chi connectivity index (χ3n) is 9.20. The SMILES string of the molecule is COC(=O)[C@H]1CC(=O)[C@@H]2[C@@H]3CC[C@@H]4C[C@@H](OC(C)=O)CC[C@]4(C)[C@H]3CC[C@]12C. The average molecular weight is 391 g/mol. The molecule has 0 radical (unpaired) electrons. The molecule has 4 rings (SSSR count). The van der Waals surface area contributed by atoms with Crippen LogP contribution in [0.2, 0.25) is 0 Å². The summed E-state index contributed by atoms with van der Waals surface area (Å²) in [5.74, 6) is 1.09. The van der Waals surface area contributed by atoms with Crippen molar-refractivity contribution in [3.8, 4) is 0 Å². The van der Waals surface area contributed by atoms with Gasteiger partial charge in [0, 0.05) is 19.3 Å². The second kappa shape index (κ2) is 6.84. The van der Waals surface area contributed by atoms with E-state index in [1.54, 1.807) is 0 Å². The first-order valence-electron chi connectivity index (χ1n) is 11.0. The third kappa shape index (κ3) is 2.83. The lowest BCUT2D eigenvalue weighted by molar-refractivity contribution is -0.166. The summed E-state index contributed by atoms with van der Waals surface area (Å²) in [5, 5.41) is 0. The minimum Gasteiger partial charge on any atom is -0.469 e. The van der Waals surface area contributed by atoms with Crippen molar-refractivity contribution in [2.75, 3.05) is 7.11 Å². The van der Waals surface area contributed by atoms with E-state index < -0.39 is 0 Å². The molecule has 8 atom stereocenters. The minimum absolute atomic E-state index is 0.000631. The summed E-state index contributed by atoms with van der Waals surface area (Å²) >= 11 is 0. The average Bonchev–Trinajstić information content (AvgIpc) is 2.92. The van der Waals surface area contributed by atoms with Gasteiger partial charge in [-0.05, 0) is 73.5 Å². The molecule has 0 N–H and O–H groups in total. The summed E-state index contributed by atoms with van der Waals surface area (Å²) < 4.78 is 10.6. The maximum absolute atomic E-state index is 13.1. The van der Waals surface area contributed by atoms with Crippen LogP contribution in [0.4, 0.5) is 0 Å². The zero-order valence-corrected chi connectivity index (χ0v) is 17.7. The van der Waals surface area contributed by atoms with Crippen LogP contribution in [0.25, 0.3) is 0 Å². The van der Waals surface area contributed by atoms with Gasteiger partial charge in [-0.15, -0.1) is 0 Å². The fourth-order valence-electron chi connectivity index (χ4n) is 7.85. The first-order chi connectivity index (χ1) is 13.2. The zero-order chi connectivity index (χ0) is 20.3. The monoisotopic (exact) mass is 390 g/mol. The Morgan fingerprint density at radius 2 is 1.75 bits per heavy atom. The lowest BCUT2D eigenvalue weighted by atomic mass is 9.44. The molecule has 156 valence electrons. The molecule has 0 unspecified atom stereocenters. The number of esters is 2. The van der Waals surface area contributed by atoms with Crippen LogP contribution in [-0.2, 0) is 23.9 Å². The van der Waals surface area contributed by atoms with E-state index in [1.165, 1.54) is 14.0 Å². The molecular weight excluding hydrogens is 356 g/mol. The van der Waals surface area contributed by atoms with Crippen LogP contribution in [0.5, 0.6) is 0 Å². The molecule has 0 spiro atoms. The third-order valence-corrected chi connectivity index (χ3v) is 9.20. The lowest BCUT2D eigenvalue weighted by Crippen LogP contribution is -2.55. The summed E-state index contributed by atoms with van der Waals surface area (Å²) in [4.78, 5) is 36.8. The molecule has 0 saturated heterocycles. The largest absolute Gasteiger partial charge is 0.469 e. The number of carbonyl (C=O) groups is 3. The highest BCUT2D eigenvalue weighted by atomic mass is 16.5. The fourth-order valence-corrected chi connectivity index (χ4v) is 7.85. The minimum atomic E-state index is -0.277. The Bertz CT molecular complexity index is 686. The summed E-state index contributed by atoms with van der Waals surface area (Å²) in [6.45, 7) is 6.07. The highest BCUT2D eigenvalue weighted by Crippen LogP contribution is 2.66. The van der Waals surface area contributed by atoms with Gasteiger partial charge in [0.25, 0.3) is 0 Å². The predicted octanol–water partition coefficient (Wildman–Crippen LogP) is 3.93. The Morgan fingerprint density at radius 1 is 1.04 bits per heavy atom. The second-order valence-electron chi connectivity index (χ2n) is 10.3. The van der Waals surface area contributed by atoms with Crippen LogP contribution in [0, 0.1) is 40.4 Å². The predicted molar refractivity (Wildman–Crippen MR) is 103 cm³/mol. The fraction of sp³-hybridized carbons (Fsp3) is 0.870. The van der Waals surface area contributed by atoms with E-state index in [1.807, 2.05) is 0 Å². The van der Waals surface area contributed by atoms with Crippen molar-refractivity contribution in [2.24, 2.45) is 40.4 Å². The maximum atomic E-state index is 13.1. The summed E-state index contributed by atoms with van der Waals surface area (Å²) in [5.41, 5.74) is -0.0337. The highest BCUT2D eigenvalue weighted by Gasteiger charge is 2.64. The van der Waals surface area contributed by atoms with E-state index in [2.05, 4.69) is 13.8 Å². The Labute approximate surface area is 167 Å². The Hall–Kier alpha value is -1.39. The molecule has 4 fully saturated rings. The Morgan fingerprint density at radius 3 is 2.43 bits per heavy atom. The summed E-state index contributed by atoms with van der Waals surface area (Å²) in [6.07, 6.45) is 7.52. The van der Waals surface area contributed by atoms with Crippen LogP contribution in [-0.4, -0.2) is 30.9 Å². The van der Waals surface area contributed by atoms with Gasteiger partial charge in [-0.1, -0.05) is 13.8 Å². The number of hydrogen-bond donors (Lipinski definition) is 0. The van der Waals surface area contributed by atoms with E-state index in [9.17, 15) is 14.4 Å². The number of Topliss-reactive ketones (excluding diaryl/α,β-unsaturated/α-hetero) is 1. The molecule has 4 aliphatic carbocycles. The number of rotatable bonds is 2. The molecule has 0 bridgehead atoms. The van der Waals surface area contributed by atoms with Crippen molar-refractivity contribution in [3.63, 3.8) is 0 Å². The molecule has 5 nitrogen and oxygen atoms in total. The lowest BCUT2D eigenvalue weighted by Gasteiger charge is -2.60. The van der Waals surface area contributed by atoms with Crippen LogP contribution in [0.3, 0.4) is 0 Å². The van der Waals surface area contributed by atoms with Crippen molar-refractivity contribution in [1.29, 1.82) is 0 Å². The van der Waals surface area contributed by atoms with E-state index in [0.717, 1.165) is 44.9 Å². The Kier molecular flexibility index (Phi) is 4.86. The smallest absolute Gasteiger partial charge is 0.309 e. The molecule has 28 heavy (non-hydrogen) atoms. The van der Waals surface area contributed by atoms with E-state index in [4.69, 9.17) is 9.47 Å². The van der Waals surface area contributed by atoms with Gasteiger partial charge in [-0.2, -0.15) is 0 Å².